The Balaban J connectivity index is 0.00000316. The SMILES string of the molecule is Cc1c(-c2nc(C3CC(N4CCN(S(C)(=O)=O)CC4)C3)n3ncnc(N)c23)ccc2[c-]cc(-c3ccccc3)nc12.[Y]. The zero-order valence-electron chi connectivity index (χ0n) is 23.6. The van der Waals surface area contributed by atoms with Crippen LogP contribution in [0.15, 0.2) is 54.9 Å². The number of pyridine rings is 1. The van der Waals surface area contributed by atoms with Crippen molar-refractivity contribution in [2.24, 2.45) is 0 Å². The van der Waals surface area contributed by atoms with Crippen LogP contribution in [0.1, 0.15) is 30.1 Å². The molecule has 3 aromatic heterocycles. The number of nitrogen functional groups attached to an aromatic ring is 1. The van der Waals surface area contributed by atoms with Crippen LogP contribution >= 0.6 is 0 Å². The van der Waals surface area contributed by atoms with Crippen LogP contribution in [0.4, 0.5) is 5.82 Å². The van der Waals surface area contributed by atoms with Gasteiger partial charge in [-0.1, -0.05) is 42.0 Å². The summed E-state index contributed by atoms with van der Waals surface area (Å²) in [5.74, 6) is 1.49. The zero-order valence-corrected chi connectivity index (χ0v) is 27.3. The van der Waals surface area contributed by atoms with Crippen LogP contribution in [0, 0.1) is 13.0 Å². The molecule has 1 aliphatic heterocycles. The summed E-state index contributed by atoms with van der Waals surface area (Å²) in [7, 11) is -3.14. The second kappa shape index (κ2) is 11.4. The molecule has 4 heterocycles. The maximum atomic E-state index is 11.9. The van der Waals surface area contributed by atoms with Gasteiger partial charge in [-0.2, -0.15) is 9.40 Å². The first kappa shape index (κ1) is 29.3. The molecule has 0 unspecified atom stereocenters. The molecule has 1 radical (unpaired) electrons. The van der Waals surface area contributed by atoms with Gasteiger partial charge in [0.15, 0.2) is 5.82 Å². The van der Waals surface area contributed by atoms with Gasteiger partial charge in [0.05, 0.1) is 6.26 Å². The molecule has 5 aromatic rings. The van der Waals surface area contributed by atoms with E-state index in [1.165, 1.54) is 12.6 Å². The van der Waals surface area contributed by atoms with Crippen molar-refractivity contribution in [2.45, 2.75) is 31.7 Å². The van der Waals surface area contributed by atoms with Gasteiger partial charge in [-0.15, -0.1) is 23.6 Å². The van der Waals surface area contributed by atoms with Gasteiger partial charge in [0.1, 0.15) is 23.4 Å². The molecule has 2 N–H and O–H groups in total. The largest absolute Gasteiger partial charge is 0.382 e. The van der Waals surface area contributed by atoms with Crippen molar-refractivity contribution in [2.75, 3.05) is 38.2 Å². The third-order valence-corrected chi connectivity index (χ3v) is 9.88. The number of aryl methyl sites for hydroxylation is 1. The molecule has 10 nitrogen and oxygen atoms in total. The monoisotopic (exact) mass is 656 g/mol. The summed E-state index contributed by atoms with van der Waals surface area (Å²) in [5, 5.41) is 5.51. The molecule has 2 aromatic carbocycles. The van der Waals surface area contributed by atoms with E-state index < -0.39 is 10.0 Å². The number of hydrogen-bond acceptors (Lipinski definition) is 8. The summed E-state index contributed by atoms with van der Waals surface area (Å²) >= 11 is 0. The van der Waals surface area contributed by atoms with Gasteiger partial charge in [-0.25, -0.2) is 22.9 Å². The topological polar surface area (TPSA) is 123 Å². The summed E-state index contributed by atoms with van der Waals surface area (Å²) in [6, 6.07) is 19.9. The summed E-state index contributed by atoms with van der Waals surface area (Å²) in [4.78, 5) is 16.9. The normalized spacial score (nSPS) is 20.0. The second-order valence-corrected chi connectivity index (χ2v) is 13.0. The molecular weight excluding hydrogens is 625 g/mol. The van der Waals surface area contributed by atoms with E-state index in [0.717, 1.165) is 70.7 Å². The summed E-state index contributed by atoms with van der Waals surface area (Å²) < 4.78 is 27.2. The van der Waals surface area contributed by atoms with Crippen molar-refractivity contribution in [1.82, 2.24) is 33.8 Å². The quantitative estimate of drug-likeness (QED) is 0.286. The Kier molecular flexibility index (Phi) is 7.91. The number of hydrogen-bond donors (Lipinski definition) is 1. The molecule has 42 heavy (non-hydrogen) atoms. The van der Waals surface area contributed by atoms with Gasteiger partial charge in [0.25, 0.3) is 0 Å². The molecule has 1 saturated heterocycles. The van der Waals surface area contributed by atoms with Gasteiger partial charge >= 0.3 is 0 Å². The standard InChI is InChI=1S/C30H31N8O2S.Y/c1-19-24(10-8-21-9-11-25(34-26(19)21)20-6-4-3-5-7-20)27-28-29(31)32-18-33-38(28)30(35-27)22-16-23(17-22)36-12-14-37(15-13-36)41(2,39)40;/h3-8,10-11,18,22-23H,12-17H2,1-2H3,(H2,31,32,33);/q-1;. The van der Waals surface area contributed by atoms with E-state index in [-0.39, 0.29) is 38.6 Å². The number of nitrogens with two attached hydrogens (primary N) is 1. The summed E-state index contributed by atoms with van der Waals surface area (Å²) in [6.07, 6.45) is 4.64. The molecule has 213 valence electrons. The number of anilines is 1. The number of nitrogens with zero attached hydrogens (tertiary/aromatic N) is 7. The van der Waals surface area contributed by atoms with Crippen LogP contribution in [-0.4, -0.2) is 80.7 Å². The Bertz CT molecular complexity index is 1880. The van der Waals surface area contributed by atoms with E-state index >= 15 is 0 Å². The molecule has 2 fully saturated rings. The van der Waals surface area contributed by atoms with Crippen LogP contribution in [0.25, 0.3) is 38.9 Å². The number of fused-ring (bicyclic) bond motifs is 2. The van der Waals surface area contributed by atoms with Gasteiger partial charge in [0, 0.05) is 70.8 Å². The Labute approximate surface area is 270 Å². The van der Waals surface area contributed by atoms with Gasteiger partial charge in [-0.3, -0.25) is 4.90 Å². The smallest absolute Gasteiger partial charge is 0.211 e. The van der Waals surface area contributed by atoms with Crippen molar-refractivity contribution < 1.29 is 41.1 Å². The Morgan fingerprint density at radius 3 is 2.45 bits per heavy atom. The number of imidazole rings is 1. The average Bonchev–Trinajstić information content (AvgIpc) is 3.33. The van der Waals surface area contributed by atoms with Crippen LogP contribution in [0.2, 0.25) is 0 Å². The fourth-order valence-corrected chi connectivity index (χ4v) is 7.03. The number of rotatable bonds is 5. The first-order valence-corrected chi connectivity index (χ1v) is 15.7. The molecule has 2 aliphatic rings. The van der Waals surface area contributed by atoms with E-state index in [9.17, 15) is 8.42 Å². The van der Waals surface area contributed by atoms with Crippen molar-refractivity contribution >= 4 is 32.3 Å². The molecule has 0 amide bonds. The van der Waals surface area contributed by atoms with Crippen LogP contribution < -0.4 is 5.73 Å². The molecule has 7 rings (SSSR count). The van der Waals surface area contributed by atoms with Crippen LogP contribution in [0.5, 0.6) is 0 Å². The average molecular weight is 657 g/mol. The molecule has 0 spiro atoms. The maximum Gasteiger partial charge on any atom is 0.211 e. The minimum atomic E-state index is -3.14. The van der Waals surface area contributed by atoms with Gasteiger partial charge in [-0.05, 0) is 42.1 Å². The third-order valence-electron chi connectivity index (χ3n) is 8.58. The number of sulfonamides is 1. The van der Waals surface area contributed by atoms with Crippen molar-refractivity contribution in [3.05, 3.63) is 72.3 Å². The molecular formula is C30H31N8O2SY-. The Morgan fingerprint density at radius 1 is 1.00 bits per heavy atom. The van der Waals surface area contributed by atoms with E-state index in [1.807, 2.05) is 47.0 Å². The van der Waals surface area contributed by atoms with Gasteiger partial charge in [0.2, 0.25) is 10.0 Å². The number of piperazine rings is 1. The van der Waals surface area contributed by atoms with E-state index in [2.05, 4.69) is 34.0 Å². The van der Waals surface area contributed by atoms with Crippen molar-refractivity contribution in [3.63, 3.8) is 0 Å². The van der Waals surface area contributed by atoms with E-state index in [1.54, 1.807) is 4.31 Å². The van der Waals surface area contributed by atoms with Crippen molar-refractivity contribution in [1.29, 1.82) is 0 Å². The molecule has 1 aliphatic carbocycles. The Hall–Kier alpha value is -2.83. The van der Waals surface area contributed by atoms with E-state index in [0.29, 0.717) is 30.5 Å². The second-order valence-electron chi connectivity index (χ2n) is 11.0. The fraction of sp³-hybridized carbons (Fsp3) is 0.333. The molecule has 0 bridgehead atoms. The maximum absolute atomic E-state index is 11.9. The van der Waals surface area contributed by atoms with Crippen LogP contribution in [-0.2, 0) is 42.7 Å². The predicted molar refractivity (Wildman–Crippen MR) is 159 cm³/mol. The first-order valence-electron chi connectivity index (χ1n) is 13.8. The van der Waals surface area contributed by atoms with Crippen LogP contribution in [0.3, 0.4) is 0 Å². The zero-order chi connectivity index (χ0) is 28.3. The number of aromatic nitrogens is 5. The predicted octanol–water partition coefficient (Wildman–Crippen LogP) is 3.52. The molecule has 12 heteroatoms. The molecule has 1 saturated carbocycles. The summed E-state index contributed by atoms with van der Waals surface area (Å²) in [5.41, 5.74) is 12.6. The van der Waals surface area contributed by atoms with Crippen molar-refractivity contribution in [3.8, 4) is 22.5 Å². The van der Waals surface area contributed by atoms with E-state index in [4.69, 9.17) is 15.7 Å². The molecule has 0 atom stereocenters. The third kappa shape index (κ3) is 5.15. The Morgan fingerprint density at radius 2 is 1.74 bits per heavy atom. The fourth-order valence-electron chi connectivity index (χ4n) is 6.20. The minimum absolute atomic E-state index is 0. The first-order chi connectivity index (χ1) is 19.8. The minimum Gasteiger partial charge on any atom is -0.382 e. The van der Waals surface area contributed by atoms with Gasteiger partial charge < -0.3 is 10.7 Å². The number of benzene rings is 2. The summed E-state index contributed by atoms with van der Waals surface area (Å²) in [6.45, 7) is 4.64.